The maximum Gasteiger partial charge on any atom is 0.116 e. The number of pyridine rings is 2. The Morgan fingerprint density at radius 1 is 1.03 bits per heavy atom. The van der Waals surface area contributed by atoms with Gasteiger partial charge in [-0.15, -0.1) is 11.3 Å². The summed E-state index contributed by atoms with van der Waals surface area (Å²) >= 11 is 1.81. The van der Waals surface area contributed by atoms with Crippen LogP contribution in [0.3, 0.4) is 0 Å². The largest absolute Gasteiger partial charge is 0.358 e. The van der Waals surface area contributed by atoms with Crippen LogP contribution in [-0.4, -0.2) is 25.1 Å². The Morgan fingerprint density at radius 2 is 1.95 bits per heavy atom. The van der Waals surface area contributed by atoms with E-state index in [1.165, 1.54) is 40.0 Å². The number of aromatic amines is 2. The molecule has 6 nitrogen and oxygen atoms in total. The van der Waals surface area contributed by atoms with Gasteiger partial charge >= 0.3 is 0 Å². The highest BCUT2D eigenvalue weighted by Crippen LogP contribution is 2.37. The molecule has 0 atom stereocenters. The van der Waals surface area contributed by atoms with Gasteiger partial charge in [0.25, 0.3) is 0 Å². The van der Waals surface area contributed by atoms with Gasteiger partial charge in [-0.05, 0) is 62.1 Å². The molecule has 1 aliphatic rings. The van der Waals surface area contributed by atoms with Crippen molar-refractivity contribution in [3.63, 3.8) is 0 Å². The fourth-order valence-electron chi connectivity index (χ4n) is 5.05. The summed E-state index contributed by atoms with van der Waals surface area (Å²) in [5.74, 6) is 0.562. The fraction of sp³-hybridized carbons (Fsp3) is 0.167. The zero-order valence-corrected chi connectivity index (χ0v) is 21.3. The van der Waals surface area contributed by atoms with Crippen LogP contribution in [0.15, 0.2) is 79.4 Å². The smallest absolute Gasteiger partial charge is 0.116 e. The number of hydrogen-bond acceptors (Lipinski definition) is 5. The van der Waals surface area contributed by atoms with Crippen LogP contribution >= 0.6 is 11.3 Å². The van der Waals surface area contributed by atoms with Gasteiger partial charge in [-0.2, -0.15) is 5.10 Å². The number of nitrogens with zero attached hydrogens (tertiary/aromatic N) is 3. The van der Waals surface area contributed by atoms with Crippen molar-refractivity contribution in [3.05, 3.63) is 84.3 Å². The first-order valence-electron chi connectivity index (χ1n) is 12.6. The van der Waals surface area contributed by atoms with Gasteiger partial charge in [0.15, 0.2) is 0 Å². The minimum absolute atomic E-state index is 0.562. The Hall–Kier alpha value is -4.23. The van der Waals surface area contributed by atoms with Crippen molar-refractivity contribution in [3.8, 4) is 33.1 Å². The van der Waals surface area contributed by atoms with Gasteiger partial charge in [-0.25, -0.2) is 0 Å². The highest BCUT2D eigenvalue weighted by Gasteiger charge is 2.21. The SMILES string of the molecule is C=C(Nc1cncc(-c2cc3c(-c4cc5c(-c6ccc(C)s6)cccc5[nH]4)n[nH]c3cn2)c1)C1CCC1. The van der Waals surface area contributed by atoms with Crippen molar-refractivity contribution < 1.29 is 0 Å². The molecule has 0 bridgehead atoms. The molecule has 0 unspecified atom stereocenters. The Balaban J connectivity index is 1.26. The van der Waals surface area contributed by atoms with Crippen LogP contribution in [0.5, 0.6) is 0 Å². The van der Waals surface area contributed by atoms with Crippen LogP contribution in [-0.2, 0) is 0 Å². The summed E-state index contributed by atoms with van der Waals surface area (Å²) in [5, 5.41) is 13.5. The standard InChI is InChI=1S/C30H26N6S/c1-17-9-10-29(37-17)22-7-4-8-25-23(22)12-27(34-25)30-24-13-26(32-16-28(24)35-36-30)20-11-21(15-31-14-20)33-18(2)19-5-3-6-19/h4,7-16,19,33-34H,2-3,5-6H2,1H3,(H,35,36). The van der Waals surface area contributed by atoms with Crippen molar-refractivity contribution >= 4 is 38.8 Å². The van der Waals surface area contributed by atoms with Crippen LogP contribution in [0, 0.1) is 12.8 Å². The molecule has 0 aliphatic heterocycles. The van der Waals surface area contributed by atoms with E-state index in [1.807, 2.05) is 29.9 Å². The summed E-state index contributed by atoms with van der Waals surface area (Å²) < 4.78 is 0. The number of rotatable bonds is 6. The first-order valence-corrected chi connectivity index (χ1v) is 13.4. The summed E-state index contributed by atoms with van der Waals surface area (Å²) in [7, 11) is 0. The number of hydrogen-bond donors (Lipinski definition) is 3. The lowest BCUT2D eigenvalue weighted by atomic mass is 9.83. The third-order valence-corrected chi connectivity index (χ3v) is 8.34. The Bertz CT molecular complexity index is 1780. The number of H-pyrrole nitrogens is 2. The molecule has 0 amide bonds. The molecule has 5 aromatic heterocycles. The quantitative estimate of drug-likeness (QED) is 0.216. The van der Waals surface area contributed by atoms with E-state index < -0.39 is 0 Å². The summed E-state index contributed by atoms with van der Waals surface area (Å²) in [6, 6.07) is 17.1. The van der Waals surface area contributed by atoms with Crippen LogP contribution in [0.25, 0.3) is 54.9 Å². The number of anilines is 1. The highest BCUT2D eigenvalue weighted by molar-refractivity contribution is 7.15. The first-order chi connectivity index (χ1) is 18.1. The molecule has 6 aromatic rings. The lowest BCUT2D eigenvalue weighted by Gasteiger charge is -2.28. The molecule has 182 valence electrons. The molecule has 1 aromatic carbocycles. The van der Waals surface area contributed by atoms with Crippen molar-refractivity contribution in [2.24, 2.45) is 5.92 Å². The Morgan fingerprint density at radius 3 is 2.76 bits per heavy atom. The lowest BCUT2D eigenvalue weighted by Crippen LogP contribution is -2.18. The number of aryl methyl sites for hydroxylation is 1. The second kappa shape index (κ2) is 8.71. The van der Waals surface area contributed by atoms with Crippen LogP contribution in [0.4, 0.5) is 5.69 Å². The zero-order chi connectivity index (χ0) is 24.9. The molecule has 7 rings (SSSR count). The molecular formula is C30H26N6S. The van der Waals surface area contributed by atoms with Crippen molar-refractivity contribution in [2.45, 2.75) is 26.2 Å². The third kappa shape index (κ3) is 3.92. The van der Waals surface area contributed by atoms with Gasteiger partial charge in [0.2, 0.25) is 0 Å². The molecule has 5 heterocycles. The normalized spacial score (nSPS) is 13.8. The van der Waals surface area contributed by atoms with Crippen LogP contribution in [0.2, 0.25) is 0 Å². The van der Waals surface area contributed by atoms with Gasteiger partial charge in [0, 0.05) is 49.1 Å². The molecule has 1 aliphatic carbocycles. The predicted octanol–water partition coefficient (Wildman–Crippen LogP) is 7.93. The molecule has 3 N–H and O–H groups in total. The Labute approximate surface area is 218 Å². The second-order valence-electron chi connectivity index (χ2n) is 9.79. The number of allylic oxidation sites excluding steroid dienone is 1. The number of fused-ring (bicyclic) bond motifs is 2. The summed E-state index contributed by atoms with van der Waals surface area (Å²) in [5.41, 5.74) is 8.90. The van der Waals surface area contributed by atoms with Crippen LogP contribution in [0.1, 0.15) is 24.1 Å². The monoisotopic (exact) mass is 502 g/mol. The fourth-order valence-corrected chi connectivity index (χ4v) is 5.96. The average molecular weight is 503 g/mol. The van der Waals surface area contributed by atoms with E-state index in [0.717, 1.165) is 50.4 Å². The van der Waals surface area contributed by atoms with Gasteiger partial charge in [-0.1, -0.05) is 25.1 Å². The van der Waals surface area contributed by atoms with Gasteiger partial charge in [-0.3, -0.25) is 15.1 Å². The van der Waals surface area contributed by atoms with E-state index >= 15 is 0 Å². The maximum atomic E-state index is 4.70. The molecule has 7 heteroatoms. The van der Waals surface area contributed by atoms with Crippen molar-refractivity contribution in [1.82, 2.24) is 25.1 Å². The molecule has 1 saturated carbocycles. The highest BCUT2D eigenvalue weighted by atomic mass is 32.1. The summed E-state index contributed by atoms with van der Waals surface area (Å²) in [4.78, 5) is 15.3. The van der Waals surface area contributed by atoms with E-state index in [4.69, 9.17) is 4.98 Å². The van der Waals surface area contributed by atoms with Crippen molar-refractivity contribution in [1.29, 1.82) is 0 Å². The number of aromatic nitrogens is 5. The molecule has 37 heavy (non-hydrogen) atoms. The zero-order valence-electron chi connectivity index (χ0n) is 20.5. The van der Waals surface area contributed by atoms with Crippen LogP contribution < -0.4 is 5.32 Å². The second-order valence-corrected chi connectivity index (χ2v) is 11.1. The number of benzene rings is 1. The number of thiophene rings is 1. The molecular weight excluding hydrogens is 476 g/mol. The minimum Gasteiger partial charge on any atom is -0.358 e. The first kappa shape index (κ1) is 22.0. The van der Waals surface area contributed by atoms with E-state index in [2.05, 4.69) is 87.5 Å². The predicted molar refractivity (Wildman–Crippen MR) is 153 cm³/mol. The number of nitrogens with one attached hydrogen (secondary N) is 3. The third-order valence-electron chi connectivity index (χ3n) is 7.31. The Kier molecular flexibility index (Phi) is 5.18. The topological polar surface area (TPSA) is 82.3 Å². The van der Waals surface area contributed by atoms with E-state index in [9.17, 15) is 0 Å². The lowest BCUT2D eigenvalue weighted by molar-refractivity contribution is 0.371. The molecule has 0 radical (unpaired) electrons. The maximum absolute atomic E-state index is 4.70. The van der Waals surface area contributed by atoms with E-state index in [1.54, 1.807) is 0 Å². The summed E-state index contributed by atoms with van der Waals surface area (Å²) in [6.07, 6.45) is 9.24. The summed E-state index contributed by atoms with van der Waals surface area (Å²) in [6.45, 7) is 6.37. The average Bonchev–Trinajstić information content (AvgIpc) is 3.60. The molecule has 0 saturated heterocycles. The van der Waals surface area contributed by atoms with Gasteiger partial charge in [0.05, 0.1) is 35.0 Å². The van der Waals surface area contributed by atoms with Gasteiger partial charge in [0.1, 0.15) is 5.69 Å². The van der Waals surface area contributed by atoms with Gasteiger partial charge < -0.3 is 10.3 Å². The molecule has 0 spiro atoms. The minimum atomic E-state index is 0.562. The van der Waals surface area contributed by atoms with E-state index in [-0.39, 0.29) is 0 Å². The molecule has 1 fully saturated rings. The van der Waals surface area contributed by atoms with Crippen molar-refractivity contribution in [2.75, 3.05) is 5.32 Å². The van der Waals surface area contributed by atoms with E-state index in [0.29, 0.717) is 5.92 Å².